The van der Waals surface area contributed by atoms with Gasteiger partial charge in [-0.15, -0.1) is 0 Å². The molecule has 0 fully saturated rings. The summed E-state index contributed by atoms with van der Waals surface area (Å²) in [5.74, 6) is 0.334. The largest absolute Gasteiger partial charge is 0.400 e. The van der Waals surface area contributed by atoms with Crippen molar-refractivity contribution in [2.45, 2.75) is 6.92 Å². The summed E-state index contributed by atoms with van der Waals surface area (Å²) in [4.78, 5) is 12.1. The number of carbonyl (C=O) groups is 1. The number of carbonyl (C=O) groups excluding carboxylic acids is 1. The topological polar surface area (TPSA) is 52.3 Å². The van der Waals surface area contributed by atoms with Gasteiger partial charge in [-0.2, -0.15) is 0 Å². The van der Waals surface area contributed by atoms with Crippen molar-refractivity contribution < 1.29 is 14.1 Å². The van der Waals surface area contributed by atoms with Crippen LogP contribution >= 0.6 is 0 Å². The van der Waals surface area contributed by atoms with Gasteiger partial charge in [-0.1, -0.05) is 36.4 Å². The number of rotatable bonds is 2. The molecule has 4 nitrogen and oxygen atoms in total. The van der Waals surface area contributed by atoms with Crippen molar-refractivity contribution in [2.75, 3.05) is 0 Å². The fraction of sp³-hybridized carbons (Fsp3) is 0.0667. The molecule has 0 aliphatic heterocycles. The van der Waals surface area contributed by atoms with Gasteiger partial charge in [0.25, 0.3) is 5.88 Å². The second-order valence-corrected chi connectivity index (χ2v) is 4.19. The highest BCUT2D eigenvalue weighted by Gasteiger charge is 2.14. The number of aryl methyl sites for hydroxylation is 1. The zero-order chi connectivity index (χ0) is 13.2. The molecule has 0 saturated heterocycles. The van der Waals surface area contributed by atoms with E-state index >= 15 is 0 Å². The Hall–Kier alpha value is -2.62. The van der Waals surface area contributed by atoms with Gasteiger partial charge in [-0.05, 0) is 28.9 Å². The lowest BCUT2D eigenvalue weighted by Crippen LogP contribution is -2.09. The third kappa shape index (κ3) is 2.20. The minimum atomic E-state index is -0.440. The summed E-state index contributed by atoms with van der Waals surface area (Å²) in [5.41, 5.74) is 0.513. The maximum atomic E-state index is 12.1. The Balaban J connectivity index is 1.97. The maximum absolute atomic E-state index is 12.1. The number of nitrogens with zero attached hydrogens (tertiary/aromatic N) is 1. The first-order valence-corrected chi connectivity index (χ1v) is 5.87. The van der Waals surface area contributed by atoms with Crippen molar-refractivity contribution in [2.24, 2.45) is 0 Å². The first-order valence-electron chi connectivity index (χ1n) is 5.87. The molecule has 1 aromatic heterocycles. The predicted molar refractivity (Wildman–Crippen MR) is 70.1 cm³/mol. The van der Waals surface area contributed by atoms with Crippen LogP contribution in [0.1, 0.15) is 16.1 Å². The van der Waals surface area contributed by atoms with E-state index in [9.17, 15) is 4.79 Å². The zero-order valence-corrected chi connectivity index (χ0v) is 10.3. The molecule has 0 aliphatic carbocycles. The van der Waals surface area contributed by atoms with Gasteiger partial charge in [0.2, 0.25) is 0 Å². The Morgan fingerprint density at radius 3 is 2.74 bits per heavy atom. The Kier molecular flexibility index (Phi) is 2.76. The highest BCUT2D eigenvalue weighted by Crippen LogP contribution is 2.20. The molecule has 1 heterocycles. The van der Waals surface area contributed by atoms with E-state index in [4.69, 9.17) is 9.26 Å². The predicted octanol–water partition coefficient (Wildman–Crippen LogP) is 3.36. The van der Waals surface area contributed by atoms with Crippen LogP contribution in [0.5, 0.6) is 5.88 Å². The van der Waals surface area contributed by atoms with Crippen LogP contribution in [0, 0.1) is 6.92 Å². The van der Waals surface area contributed by atoms with E-state index in [1.165, 1.54) is 0 Å². The lowest BCUT2D eigenvalue weighted by molar-refractivity contribution is 0.0723. The molecule has 94 valence electrons. The summed E-state index contributed by atoms with van der Waals surface area (Å²) in [6.45, 7) is 1.74. The van der Waals surface area contributed by atoms with E-state index in [-0.39, 0.29) is 5.88 Å². The van der Waals surface area contributed by atoms with Gasteiger partial charge in [-0.25, -0.2) is 4.79 Å². The summed E-state index contributed by atoms with van der Waals surface area (Å²) >= 11 is 0. The van der Waals surface area contributed by atoms with E-state index in [1.54, 1.807) is 19.1 Å². The summed E-state index contributed by atoms with van der Waals surface area (Å²) in [7, 11) is 0. The number of esters is 1. The van der Waals surface area contributed by atoms with Crippen LogP contribution in [-0.4, -0.2) is 11.1 Å². The van der Waals surface area contributed by atoms with Gasteiger partial charge < -0.3 is 9.26 Å². The van der Waals surface area contributed by atoms with Gasteiger partial charge in [0.1, 0.15) is 5.76 Å². The van der Waals surface area contributed by atoms with Crippen LogP contribution in [0.3, 0.4) is 0 Å². The Morgan fingerprint density at radius 2 is 1.95 bits per heavy atom. The monoisotopic (exact) mass is 253 g/mol. The molecule has 19 heavy (non-hydrogen) atoms. The lowest BCUT2D eigenvalue weighted by Gasteiger charge is -2.04. The molecule has 0 spiro atoms. The van der Waals surface area contributed by atoms with Gasteiger partial charge in [0, 0.05) is 6.07 Å². The second-order valence-electron chi connectivity index (χ2n) is 4.19. The Morgan fingerprint density at radius 1 is 1.16 bits per heavy atom. The molecule has 0 radical (unpaired) electrons. The van der Waals surface area contributed by atoms with E-state index in [0.29, 0.717) is 11.3 Å². The first kappa shape index (κ1) is 11.5. The first-order chi connectivity index (χ1) is 9.24. The van der Waals surface area contributed by atoms with Gasteiger partial charge in [0.15, 0.2) is 0 Å². The van der Waals surface area contributed by atoms with Crippen molar-refractivity contribution in [3.8, 4) is 5.88 Å². The minimum Gasteiger partial charge on any atom is -0.400 e. The Bertz CT molecular complexity index is 740. The van der Waals surface area contributed by atoms with E-state index < -0.39 is 5.97 Å². The molecule has 0 aliphatic rings. The highest BCUT2D eigenvalue weighted by atomic mass is 16.6. The summed E-state index contributed by atoms with van der Waals surface area (Å²) in [5, 5.41) is 5.49. The fourth-order valence-electron chi connectivity index (χ4n) is 1.95. The number of hydrogen-bond acceptors (Lipinski definition) is 4. The molecule has 0 amide bonds. The molecule has 0 saturated carbocycles. The van der Waals surface area contributed by atoms with Crippen molar-refractivity contribution in [3.05, 3.63) is 59.9 Å². The van der Waals surface area contributed by atoms with Crippen LogP contribution in [0.2, 0.25) is 0 Å². The fourth-order valence-corrected chi connectivity index (χ4v) is 1.95. The Labute approximate surface area is 109 Å². The smallest absolute Gasteiger partial charge is 0.345 e. The molecule has 3 rings (SSSR count). The quantitative estimate of drug-likeness (QED) is 0.657. The molecule has 0 N–H and O–H groups in total. The normalized spacial score (nSPS) is 10.6. The van der Waals surface area contributed by atoms with E-state index in [1.807, 2.05) is 36.4 Å². The number of aromatic nitrogens is 1. The summed E-state index contributed by atoms with van der Waals surface area (Å²) < 4.78 is 10.0. The van der Waals surface area contributed by atoms with Crippen molar-refractivity contribution >= 4 is 16.7 Å². The van der Waals surface area contributed by atoms with Gasteiger partial charge in [0.05, 0.1) is 5.56 Å². The summed E-state index contributed by atoms with van der Waals surface area (Å²) in [6.07, 6.45) is 0. The molecular formula is C15H11NO3. The van der Waals surface area contributed by atoms with Crippen molar-refractivity contribution in [3.63, 3.8) is 0 Å². The molecule has 0 bridgehead atoms. The molecule has 0 unspecified atom stereocenters. The van der Waals surface area contributed by atoms with Gasteiger partial charge >= 0.3 is 5.97 Å². The van der Waals surface area contributed by atoms with Crippen LogP contribution in [0.25, 0.3) is 10.8 Å². The highest BCUT2D eigenvalue weighted by molar-refractivity contribution is 6.05. The molecule has 0 atom stereocenters. The average molecular weight is 253 g/mol. The van der Waals surface area contributed by atoms with Crippen LogP contribution in [0.15, 0.2) is 53.1 Å². The van der Waals surface area contributed by atoms with E-state index in [0.717, 1.165) is 10.8 Å². The summed E-state index contributed by atoms with van der Waals surface area (Å²) in [6, 6.07) is 14.7. The van der Waals surface area contributed by atoms with Crippen LogP contribution < -0.4 is 4.74 Å². The average Bonchev–Trinajstić information content (AvgIpc) is 2.83. The lowest BCUT2D eigenvalue weighted by atomic mass is 10.1. The number of ether oxygens (including phenoxy) is 1. The minimum absolute atomic E-state index is 0.176. The third-order valence-electron chi connectivity index (χ3n) is 2.81. The van der Waals surface area contributed by atoms with E-state index in [2.05, 4.69) is 5.16 Å². The second kappa shape index (κ2) is 4.57. The maximum Gasteiger partial charge on any atom is 0.345 e. The number of hydrogen-bond donors (Lipinski definition) is 0. The molecule has 2 aromatic carbocycles. The molecular weight excluding hydrogens is 242 g/mol. The standard InChI is InChI=1S/C15H11NO3/c1-10-9-14(16-19-10)18-15(17)13-8-4-6-11-5-2-3-7-12(11)13/h2-9H,1H3. The van der Waals surface area contributed by atoms with Gasteiger partial charge in [-0.3, -0.25) is 0 Å². The van der Waals surface area contributed by atoms with Crippen molar-refractivity contribution in [1.29, 1.82) is 0 Å². The molecule has 3 aromatic rings. The third-order valence-corrected chi connectivity index (χ3v) is 2.81. The SMILES string of the molecule is Cc1cc(OC(=O)c2cccc3ccccc23)no1. The van der Waals surface area contributed by atoms with Crippen molar-refractivity contribution in [1.82, 2.24) is 5.16 Å². The number of fused-ring (bicyclic) bond motifs is 1. The number of benzene rings is 2. The molecule has 4 heteroatoms. The van der Waals surface area contributed by atoms with Crippen LogP contribution in [0.4, 0.5) is 0 Å². The zero-order valence-electron chi connectivity index (χ0n) is 10.3. The van der Waals surface area contributed by atoms with Crippen LogP contribution in [-0.2, 0) is 0 Å².